The molecule has 1 atom stereocenters. The number of carbonyl (C=O) groups excluding carboxylic acids is 1. The van der Waals surface area contributed by atoms with E-state index >= 15 is 0 Å². The van der Waals surface area contributed by atoms with Crippen molar-refractivity contribution in [3.05, 3.63) is 57.6 Å². The zero-order valence-electron chi connectivity index (χ0n) is 20.7. The first-order valence-corrected chi connectivity index (χ1v) is 13.7. The third-order valence-corrected chi connectivity index (χ3v) is 8.66. The number of sulfonamides is 1. The highest BCUT2D eigenvalue weighted by atomic mass is 35.5. The average Bonchev–Trinajstić information content (AvgIpc) is 3.08. The number of amides is 1. The molecule has 1 aliphatic heterocycles. The van der Waals surface area contributed by atoms with Crippen LogP contribution >= 0.6 is 11.6 Å². The predicted molar refractivity (Wildman–Crippen MR) is 136 cm³/mol. The summed E-state index contributed by atoms with van der Waals surface area (Å²) in [5.74, 6) is 0.670. The van der Waals surface area contributed by atoms with Gasteiger partial charge in [0.1, 0.15) is 5.75 Å². The van der Waals surface area contributed by atoms with Crippen LogP contribution in [-0.4, -0.2) is 38.8 Å². The third kappa shape index (κ3) is 5.75. The molecule has 0 bridgehead atoms. The van der Waals surface area contributed by atoms with E-state index in [1.807, 2.05) is 19.9 Å². The maximum atomic E-state index is 13.2. The monoisotopic (exact) mass is 506 g/mol. The second kappa shape index (κ2) is 11.1. The van der Waals surface area contributed by atoms with Gasteiger partial charge < -0.3 is 10.1 Å². The number of carbonyl (C=O) groups is 1. The first kappa shape index (κ1) is 26.5. The zero-order chi connectivity index (χ0) is 25.0. The Morgan fingerprint density at radius 3 is 2.26 bits per heavy atom. The topological polar surface area (TPSA) is 75.7 Å². The summed E-state index contributed by atoms with van der Waals surface area (Å²) in [4.78, 5) is 13.3. The van der Waals surface area contributed by atoms with Crippen molar-refractivity contribution in [2.24, 2.45) is 0 Å². The first-order valence-electron chi connectivity index (χ1n) is 11.8. The minimum atomic E-state index is -3.69. The Kier molecular flexibility index (Phi) is 8.66. The van der Waals surface area contributed by atoms with Crippen molar-refractivity contribution in [3.8, 4) is 5.75 Å². The number of nitrogens with zero attached hydrogens (tertiary/aromatic N) is 1. The minimum Gasteiger partial charge on any atom is -0.496 e. The Bertz CT molecular complexity index is 1140. The van der Waals surface area contributed by atoms with Crippen molar-refractivity contribution >= 4 is 27.5 Å². The maximum Gasteiger partial charge on any atom is 0.253 e. The van der Waals surface area contributed by atoms with Crippen LogP contribution in [0.15, 0.2) is 35.2 Å². The van der Waals surface area contributed by atoms with Gasteiger partial charge in [-0.15, -0.1) is 0 Å². The van der Waals surface area contributed by atoms with E-state index in [2.05, 4.69) is 25.2 Å². The van der Waals surface area contributed by atoms with Gasteiger partial charge >= 0.3 is 0 Å². The van der Waals surface area contributed by atoms with Gasteiger partial charge in [-0.05, 0) is 79.6 Å². The number of hydrogen-bond acceptors (Lipinski definition) is 4. The number of halogens is 1. The van der Waals surface area contributed by atoms with Gasteiger partial charge in [0.05, 0.1) is 28.6 Å². The lowest BCUT2D eigenvalue weighted by molar-refractivity contribution is 0.0939. The molecule has 1 saturated heterocycles. The largest absolute Gasteiger partial charge is 0.496 e. The molecule has 2 aromatic carbocycles. The third-order valence-electron chi connectivity index (χ3n) is 6.44. The molecule has 0 saturated carbocycles. The summed E-state index contributed by atoms with van der Waals surface area (Å²) in [7, 11) is -2.03. The molecule has 1 heterocycles. The van der Waals surface area contributed by atoms with Crippen molar-refractivity contribution in [2.45, 2.75) is 70.2 Å². The molecule has 1 amide bonds. The van der Waals surface area contributed by atoms with Crippen LogP contribution in [0.25, 0.3) is 0 Å². The lowest BCUT2D eigenvalue weighted by Crippen LogP contribution is -2.32. The molecular formula is C26H35ClN2O4S. The summed E-state index contributed by atoms with van der Waals surface area (Å²) in [5, 5.41) is 3.21. The highest BCUT2D eigenvalue weighted by molar-refractivity contribution is 7.89. The quantitative estimate of drug-likeness (QED) is 0.512. The Hall–Kier alpha value is -2.09. The molecule has 0 radical (unpaired) electrons. The number of rotatable bonds is 7. The van der Waals surface area contributed by atoms with E-state index in [4.69, 9.17) is 16.3 Å². The van der Waals surface area contributed by atoms with Crippen molar-refractivity contribution in [1.82, 2.24) is 9.62 Å². The Balaban J connectivity index is 1.87. The van der Waals surface area contributed by atoms with Crippen LogP contribution in [0.1, 0.15) is 85.5 Å². The normalized spacial score (nSPS) is 16.2. The lowest BCUT2D eigenvalue weighted by Gasteiger charge is -2.22. The fourth-order valence-corrected chi connectivity index (χ4v) is 6.18. The molecule has 2 aromatic rings. The summed E-state index contributed by atoms with van der Waals surface area (Å²) < 4.78 is 33.5. The average molecular weight is 507 g/mol. The van der Waals surface area contributed by atoms with Crippen LogP contribution in [0.5, 0.6) is 5.75 Å². The van der Waals surface area contributed by atoms with Gasteiger partial charge in [0.15, 0.2) is 0 Å². The second-order valence-electron chi connectivity index (χ2n) is 9.26. The van der Waals surface area contributed by atoms with Crippen LogP contribution in [0.3, 0.4) is 0 Å². The Morgan fingerprint density at radius 2 is 1.68 bits per heavy atom. The van der Waals surface area contributed by atoms with Gasteiger partial charge in [-0.1, -0.05) is 38.3 Å². The molecule has 1 fully saturated rings. The molecule has 186 valence electrons. The highest BCUT2D eigenvalue weighted by Gasteiger charge is 2.27. The molecular weight excluding hydrogens is 472 g/mol. The van der Waals surface area contributed by atoms with Crippen LogP contribution in [0, 0.1) is 6.92 Å². The van der Waals surface area contributed by atoms with Gasteiger partial charge in [-0.3, -0.25) is 4.79 Å². The second-order valence-corrected chi connectivity index (χ2v) is 11.6. The SMILES string of the molecule is COc1cc(C)c(C(C)NC(=O)c2cc(S(=O)(=O)N3CCCCCC3)ccc2Cl)cc1C(C)C. The van der Waals surface area contributed by atoms with Gasteiger partial charge in [-0.2, -0.15) is 4.31 Å². The summed E-state index contributed by atoms with van der Waals surface area (Å²) in [6, 6.07) is 8.09. The van der Waals surface area contributed by atoms with E-state index in [0.29, 0.717) is 13.1 Å². The molecule has 3 rings (SSSR count). The van der Waals surface area contributed by atoms with Crippen LogP contribution in [0.2, 0.25) is 5.02 Å². The molecule has 8 heteroatoms. The van der Waals surface area contributed by atoms with Crippen LogP contribution in [-0.2, 0) is 10.0 Å². The number of hydrogen-bond donors (Lipinski definition) is 1. The molecule has 0 aromatic heterocycles. The number of nitrogens with one attached hydrogen (secondary N) is 1. The van der Waals surface area contributed by atoms with Gasteiger partial charge in [0.25, 0.3) is 5.91 Å². The molecule has 1 unspecified atom stereocenters. The van der Waals surface area contributed by atoms with Crippen LogP contribution in [0.4, 0.5) is 0 Å². The van der Waals surface area contributed by atoms with Gasteiger partial charge in [0.2, 0.25) is 10.0 Å². The zero-order valence-corrected chi connectivity index (χ0v) is 22.2. The number of methoxy groups -OCH3 is 1. The van der Waals surface area contributed by atoms with Gasteiger partial charge in [0, 0.05) is 13.1 Å². The number of ether oxygens (including phenoxy) is 1. The summed E-state index contributed by atoms with van der Waals surface area (Å²) in [6.07, 6.45) is 3.75. The van der Waals surface area contributed by atoms with E-state index in [0.717, 1.165) is 48.1 Å². The van der Waals surface area contributed by atoms with Crippen molar-refractivity contribution in [2.75, 3.05) is 20.2 Å². The van der Waals surface area contributed by atoms with Crippen molar-refractivity contribution in [3.63, 3.8) is 0 Å². The Labute approximate surface area is 208 Å². The molecule has 0 spiro atoms. The lowest BCUT2D eigenvalue weighted by atomic mass is 9.93. The van der Waals surface area contributed by atoms with Gasteiger partial charge in [-0.25, -0.2) is 8.42 Å². The number of benzene rings is 2. The minimum absolute atomic E-state index is 0.0966. The summed E-state index contributed by atoms with van der Waals surface area (Å²) >= 11 is 6.33. The van der Waals surface area contributed by atoms with Crippen molar-refractivity contribution in [1.29, 1.82) is 0 Å². The Morgan fingerprint density at radius 1 is 1.03 bits per heavy atom. The fraction of sp³-hybridized carbons (Fsp3) is 0.500. The fourth-order valence-electron chi connectivity index (χ4n) is 4.43. The van der Waals surface area contributed by atoms with E-state index in [1.54, 1.807) is 7.11 Å². The molecule has 34 heavy (non-hydrogen) atoms. The molecule has 1 N–H and O–H groups in total. The number of aryl methyl sites for hydroxylation is 1. The van der Waals surface area contributed by atoms with E-state index < -0.39 is 15.9 Å². The standard InChI is InChI=1S/C26H35ClN2O4S/c1-17(2)21-16-22(18(3)14-25(21)33-5)19(4)28-26(30)23-15-20(10-11-24(23)27)34(31,32)29-12-8-6-7-9-13-29/h10-11,14-17,19H,6-9,12-13H2,1-5H3,(H,28,30). The van der Waals surface area contributed by atoms with Crippen LogP contribution < -0.4 is 10.1 Å². The predicted octanol–water partition coefficient (Wildman–Crippen LogP) is 5.84. The summed E-state index contributed by atoms with van der Waals surface area (Å²) in [6.45, 7) is 9.07. The molecule has 6 nitrogen and oxygen atoms in total. The molecule has 1 aliphatic rings. The summed E-state index contributed by atoms with van der Waals surface area (Å²) in [5.41, 5.74) is 3.19. The van der Waals surface area contributed by atoms with E-state index in [1.165, 1.54) is 22.5 Å². The van der Waals surface area contributed by atoms with E-state index in [9.17, 15) is 13.2 Å². The maximum absolute atomic E-state index is 13.2. The highest BCUT2D eigenvalue weighted by Crippen LogP contribution is 2.32. The molecule has 0 aliphatic carbocycles. The van der Waals surface area contributed by atoms with Crippen molar-refractivity contribution < 1.29 is 17.9 Å². The first-order chi connectivity index (χ1) is 16.1. The van der Waals surface area contributed by atoms with E-state index in [-0.39, 0.29) is 27.4 Å². The smallest absolute Gasteiger partial charge is 0.253 e.